The maximum absolute atomic E-state index is 13.6. The molecule has 0 saturated carbocycles. The monoisotopic (exact) mass is 473 g/mol. The molecule has 6 rings (SSSR count). The molecule has 2 fully saturated rings. The first kappa shape index (κ1) is 20.7. The Morgan fingerprint density at radius 2 is 1.64 bits per heavy atom. The molecule has 2 bridgehead atoms. The summed E-state index contributed by atoms with van der Waals surface area (Å²) >= 11 is 7.88. The quantitative estimate of drug-likeness (QED) is 0.354. The highest BCUT2D eigenvalue weighted by Gasteiger charge is 2.37. The minimum Gasteiger partial charge on any atom is -0.347 e. The van der Waals surface area contributed by atoms with Crippen molar-refractivity contribution in [1.29, 1.82) is 0 Å². The Balaban J connectivity index is 1.22. The summed E-state index contributed by atoms with van der Waals surface area (Å²) in [5.41, 5.74) is 3.89. The number of aromatic nitrogens is 1. The van der Waals surface area contributed by atoms with E-state index in [0.29, 0.717) is 11.8 Å². The molecule has 4 aromatic rings. The molecule has 0 spiro atoms. The lowest BCUT2D eigenvalue weighted by Crippen LogP contribution is -2.54. The van der Waals surface area contributed by atoms with Crippen LogP contribution in [0.25, 0.3) is 21.3 Å². The maximum Gasteiger partial charge on any atom is 0.254 e. The number of nitrogens with zero attached hydrogens (tertiary/aromatic N) is 3. The van der Waals surface area contributed by atoms with E-state index in [0.717, 1.165) is 63.2 Å². The number of amides is 1. The van der Waals surface area contributed by atoms with E-state index < -0.39 is 0 Å². The van der Waals surface area contributed by atoms with Crippen molar-refractivity contribution in [2.45, 2.75) is 6.42 Å². The Morgan fingerprint density at radius 3 is 2.42 bits per heavy atom. The van der Waals surface area contributed by atoms with Crippen molar-refractivity contribution in [3.05, 3.63) is 83.4 Å². The van der Waals surface area contributed by atoms with Crippen LogP contribution in [0, 0.1) is 11.8 Å². The van der Waals surface area contributed by atoms with Gasteiger partial charge in [-0.2, -0.15) is 0 Å². The number of likely N-dealkylation sites (tertiary alicyclic amines) is 1. The zero-order valence-electron chi connectivity index (χ0n) is 18.2. The number of hydrogen-bond acceptors (Lipinski definition) is 4. The van der Waals surface area contributed by atoms with Gasteiger partial charge in [-0.25, -0.2) is 4.98 Å². The molecule has 1 amide bonds. The van der Waals surface area contributed by atoms with Crippen molar-refractivity contribution in [3.63, 3.8) is 0 Å². The predicted octanol–water partition coefficient (Wildman–Crippen LogP) is 6.22. The summed E-state index contributed by atoms with van der Waals surface area (Å²) < 4.78 is 1.13. The Kier molecular flexibility index (Phi) is 5.31. The first-order chi connectivity index (χ1) is 16.1. The molecule has 0 radical (unpaired) electrons. The van der Waals surface area contributed by atoms with Crippen LogP contribution in [0.15, 0.2) is 72.8 Å². The van der Waals surface area contributed by atoms with Gasteiger partial charge in [0.25, 0.3) is 5.91 Å². The number of halogens is 1. The third-order valence-electron chi connectivity index (χ3n) is 6.72. The van der Waals surface area contributed by atoms with Crippen LogP contribution in [-0.2, 0) is 0 Å². The second-order valence-electron chi connectivity index (χ2n) is 9.10. The Morgan fingerprint density at radius 1 is 0.909 bits per heavy atom. The van der Waals surface area contributed by atoms with Gasteiger partial charge in [0.1, 0.15) is 0 Å². The third-order valence-corrected chi connectivity index (χ3v) is 8.03. The molecule has 2 aliphatic rings. The molecule has 2 unspecified atom stereocenters. The molecule has 0 aliphatic carbocycles. The highest BCUT2D eigenvalue weighted by Crippen LogP contribution is 2.37. The molecule has 166 valence electrons. The minimum atomic E-state index is 0.146. The maximum atomic E-state index is 13.6. The Hall–Kier alpha value is -2.89. The first-order valence-electron chi connectivity index (χ1n) is 11.4. The average molecular weight is 474 g/mol. The van der Waals surface area contributed by atoms with E-state index in [9.17, 15) is 4.79 Å². The second kappa shape index (κ2) is 8.47. The zero-order chi connectivity index (χ0) is 22.4. The van der Waals surface area contributed by atoms with Gasteiger partial charge in [0.2, 0.25) is 0 Å². The van der Waals surface area contributed by atoms with Gasteiger partial charge in [0, 0.05) is 36.8 Å². The van der Waals surface area contributed by atoms with E-state index in [4.69, 9.17) is 16.6 Å². The van der Waals surface area contributed by atoms with Crippen LogP contribution in [0.1, 0.15) is 16.8 Å². The summed E-state index contributed by atoms with van der Waals surface area (Å²) in [6.07, 6.45) is 1.18. The van der Waals surface area contributed by atoms with Gasteiger partial charge in [-0.1, -0.05) is 71.5 Å². The lowest BCUT2D eigenvalue weighted by molar-refractivity contribution is 0.0565. The highest BCUT2D eigenvalue weighted by molar-refractivity contribution is 7.22. The zero-order valence-corrected chi connectivity index (χ0v) is 19.7. The normalized spacial score (nSPS) is 20.3. The second-order valence-corrected chi connectivity index (χ2v) is 10.5. The van der Waals surface area contributed by atoms with E-state index >= 15 is 0 Å². The van der Waals surface area contributed by atoms with Crippen molar-refractivity contribution in [1.82, 2.24) is 9.88 Å². The molecule has 2 atom stereocenters. The van der Waals surface area contributed by atoms with Crippen LogP contribution in [-0.4, -0.2) is 42.0 Å². The van der Waals surface area contributed by atoms with Crippen molar-refractivity contribution in [3.8, 4) is 11.1 Å². The van der Waals surface area contributed by atoms with Gasteiger partial charge < -0.3 is 9.80 Å². The summed E-state index contributed by atoms with van der Waals surface area (Å²) in [4.78, 5) is 23.0. The van der Waals surface area contributed by atoms with Gasteiger partial charge in [0.15, 0.2) is 5.13 Å². The molecule has 2 saturated heterocycles. The first-order valence-corrected chi connectivity index (χ1v) is 12.6. The van der Waals surface area contributed by atoms with Gasteiger partial charge in [-0.15, -0.1) is 0 Å². The molecule has 4 nitrogen and oxygen atoms in total. The van der Waals surface area contributed by atoms with Gasteiger partial charge in [0.05, 0.1) is 10.2 Å². The fourth-order valence-electron chi connectivity index (χ4n) is 5.33. The molecular weight excluding hydrogens is 450 g/mol. The largest absolute Gasteiger partial charge is 0.347 e. The van der Waals surface area contributed by atoms with Crippen LogP contribution >= 0.6 is 22.9 Å². The summed E-state index contributed by atoms with van der Waals surface area (Å²) in [5, 5.41) is 1.81. The van der Waals surface area contributed by atoms with Crippen molar-refractivity contribution in [2.24, 2.45) is 11.8 Å². The molecule has 6 heteroatoms. The number of carbonyl (C=O) groups excluding carboxylic acids is 1. The summed E-state index contributed by atoms with van der Waals surface area (Å²) in [7, 11) is 0. The number of carbonyl (C=O) groups is 1. The fourth-order valence-corrected chi connectivity index (χ4v) is 6.59. The lowest BCUT2D eigenvalue weighted by Gasteiger charge is -2.45. The smallest absolute Gasteiger partial charge is 0.254 e. The molecule has 1 aromatic heterocycles. The lowest BCUT2D eigenvalue weighted by atomic mass is 9.84. The third kappa shape index (κ3) is 4.00. The molecule has 33 heavy (non-hydrogen) atoms. The van der Waals surface area contributed by atoms with Crippen LogP contribution < -0.4 is 4.90 Å². The molecule has 0 N–H and O–H groups in total. The Labute approximate surface area is 202 Å². The molecule has 3 aromatic carbocycles. The average Bonchev–Trinajstić information content (AvgIpc) is 3.27. The van der Waals surface area contributed by atoms with Crippen molar-refractivity contribution in [2.75, 3.05) is 31.1 Å². The van der Waals surface area contributed by atoms with Crippen molar-refractivity contribution >= 4 is 44.2 Å². The van der Waals surface area contributed by atoms with E-state index in [1.165, 1.54) is 6.42 Å². The van der Waals surface area contributed by atoms with Crippen LogP contribution in [0.5, 0.6) is 0 Å². The predicted molar refractivity (Wildman–Crippen MR) is 136 cm³/mol. The summed E-state index contributed by atoms with van der Waals surface area (Å²) in [6.45, 7) is 3.47. The number of hydrogen-bond donors (Lipinski definition) is 0. The van der Waals surface area contributed by atoms with Crippen LogP contribution in [0.4, 0.5) is 5.13 Å². The number of rotatable bonds is 3. The fraction of sp³-hybridized carbons (Fsp3) is 0.259. The number of thiazole rings is 1. The SMILES string of the molecule is O=C(c1ccccc1-c1ccccc1)N1CC2CC(C1)CN(c1nc3ccc(Cl)cc3s1)C2. The van der Waals surface area contributed by atoms with E-state index in [2.05, 4.69) is 28.0 Å². The number of piperidine rings is 2. The standard InChI is InChI=1S/C27H24ClN3OS/c28-21-10-11-24-25(13-21)33-27(29-24)31-16-18-12-19(17-31)15-30(14-18)26(32)23-9-5-4-8-22(23)20-6-2-1-3-7-20/h1-11,13,18-19H,12,14-17H2. The van der Waals surface area contributed by atoms with Crippen LogP contribution in [0.3, 0.4) is 0 Å². The van der Waals surface area contributed by atoms with E-state index in [1.54, 1.807) is 11.3 Å². The minimum absolute atomic E-state index is 0.146. The Bertz CT molecular complexity index is 1310. The van der Waals surface area contributed by atoms with E-state index in [1.807, 2.05) is 54.6 Å². The molecule has 3 heterocycles. The van der Waals surface area contributed by atoms with E-state index in [-0.39, 0.29) is 5.91 Å². The van der Waals surface area contributed by atoms with Gasteiger partial charge >= 0.3 is 0 Å². The molecular formula is C27H24ClN3OS. The number of benzene rings is 3. The summed E-state index contributed by atoms with van der Waals surface area (Å²) in [5.74, 6) is 1.06. The topological polar surface area (TPSA) is 36.4 Å². The molecule has 2 aliphatic heterocycles. The van der Waals surface area contributed by atoms with Crippen LogP contribution in [0.2, 0.25) is 5.02 Å². The van der Waals surface area contributed by atoms with Gasteiger partial charge in [-0.05, 0) is 53.6 Å². The van der Waals surface area contributed by atoms with Gasteiger partial charge in [-0.3, -0.25) is 4.79 Å². The number of anilines is 1. The number of fused-ring (bicyclic) bond motifs is 3. The highest BCUT2D eigenvalue weighted by atomic mass is 35.5. The summed E-state index contributed by atoms with van der Waals surface area (Å²) in [6, 6.07) is 24.1. The van der Waals surface area contributed by atoms with Crippen molar-refractivity contribution < 1.29 is 4.79 Å².